The third kappa shape index (κ3) is 10.1. The molecule has 1 aromatic rings. The molecule has 1 heterocycles. The van der Waals surface area contributed by atoms with Gasteiger partial charge in [0, 0.05) is 18.7 Å². The summed E-state index contributed by atoms with van der Waals surface area (Å²) in [6, 6.07) is 4.65. The maximum Gasteiger partial charge on any atom is 0.342 e. The Kier molecular flexibility index (Phi) is 11.8. The largest absolute Gasteiger partial charge is 0.507 e. The molecule has 3 N–H and O–H groups in total. The fraction of sp³-hybridized carbons (Fsp3) is 0.333. The highest BCUT2D eigenvalue weighted by Gasteiger charge is 2.24. The van der Waals surface area contributed by atoms with Crippen LogP contribution >= 0.6 is 0 Å². The highest BCUT2D eigenvalue weighted by molar-refractivity contribution is 5.94. The molecule has 0 radical (unpaired) electrons. The molecule has 0 aliphatic carbocycles. The molecule has 37 heavy (non-hydrogen) atoms. The first-order valence-corrected chi connectivity index (χ1v) is 11.6. The monoisotopic (exact) mass is 512 g/mol. The molecular formula is C27H32N2O8. The number of fused-ring (bicyclic) bond motifs is 1. The maximum atomic E-state index is 13.1. The average Bonchev–Trinajstić information content (AvgIpc) is 2.85. The van der Waals surface area contributed by atoms with Gasteiger partial charge < -0.3 is 29.8 Å². The lowest BCUT2D eigenvalue weighted by Gasteiger charge is -2.18. The summed E-state index contributed by atoms with van der Waals surface area (Å²) in [7, 11) is 1.38. The third-order valence-electron chi connectivity index (χ3n) is 5.24. The van der Waals surface area contributed by atoms with E-state index in [0.29, 0.717) is 11.1 Å². The minimum atomic E-state index is -0.936. The van der Waals surface area contributed by atoms with E-state index in [2.05, 4.69) is 15.3 Å². The highest BCUT2D eigenvalue weighted by atomic mass is 16.6. The Bertz CT molecular complexity index is 1100. The molecule has 10 nitrogen and oxygen atoms in total. The molecule has 1 aliphatic heterocycles. The van der Waals surface area contributed by atoms with Crippen LogP contribution in [-0.4, -0.2) is 59.7 Å². The number of nitrogens with zero attached hydrogens (tertiary/aromatic N) is 1. The van der Waals surface area contributed by atoms with Gasteiger partial charge in [-0.2, -0.15) is 0 Å². The van der Waals surface area contributed by atoms with E-state index >= 15 is 0 Å². The average molecular weight is 513 g/mol. The van der Waals surface area contributed by atoms with Crippen molar-refractivity contribution in [2.75, 3.05) is 7.11 Å². The van der Waals surface area contributed by atoms with Crippen molar-refractivity contribution in [2.24, 2.45) is 5.16 Å². The number of allylic oxidation sites excluding steroid dienone is 2. The minimum Gasteiger partial charge on any atom is -0.507 e. The van der Waals surface area contributed by atoms with Gasteiger partial charge in [-0.1, -0.05) is 35.5 Å². The molecule has 1 aliphatic rings. The van der Waals surface area contributed by atoms with E-state index in [1.807, 2.05) is 0 Å². The number of aliphatic hydroxyl groups is 1. The summed E-state index contributed by atoms with van der Waals surface area (Å²) in [5, 5.41) is 26.7. The first kappa shape index (κ1) is 29.1. The van der Waals surface area contributed by atoms with E-state index in [9.17, 15) is 24.6 Å². The molecule has 10 heteroatoms. The predicted octanol–water partition coefficient (Wildman–Crippen LogP) is 2.87. The second-order valence-electron chi connectivity index (χ2n) is 8.16. The van der Waals surface area contributed by atoms with Gasteiger partial charge in [-0.3, -0.25) is 9.59 Å². The second-order valence-corrected chi connectivity index (χ2v) is 8.16. The molecule has 0 bridgehead atoms. The summed E-state index contributed by atoms with van der Waals surface area (Å²) in [6.45, 7) is 3.38. The van der Waals surface area contributed by atoms with E-state index in [-0.39, 0.29) is 30.6 Å². The molecule has 0 saturated carbocycles. The molecule has 2 rings (SSSR count). The molecule has 0 aromatic heterocycles. The minimum absolute atomic E-state index is 0.0293. The fourth-order valence-electron chi connectivity index (χ4n) is 3.30. The molecule has 198 valence electrons. The number of amides is 1. The Balaban J connectivity index is 2.25. The zero-order valence-corrected chi connectivity index (χ0v) is 21.0. The van der Waals surface area contributed by atoms with Crippen molar-refractivity contribution in [3.05, 3.63) is 77.6 Å². The topological polar surface area (TPSA) is 144 Å². The molecule has 0 spiro atoms. The fourth-order valence-corrected chi connectivity index (χ4v) is 3.30. The van der Waals surface area contributed by atoms with Gasteiger partial charge in [0.2, 0.25) is 5.91 Å². The van der Waals surface area contributed by atoms with Crippen molar-refractivity contribution < 1.29 is 38.9 Å². The number of carbonyl (C=O) groups is 3. The van der Waals surface area contributed by atoms with Crippen LogP contribution in [0.25, 0.3) is 0 Å². The quantitative estimate of drug-likeness (QED) is 0.174. The van der Waals surface area contributed by atoms with Crippen molar-refractivity contribution in [1.29, 1.82) is 0 Å². The Hall–Kier alpha value is -4.18. The van der Waals surface area contributed by atoms with Crippen LogP contribution in [0.1, 0.15) is 42.6 Å². The first-order chi connectivity index (χ1) is 17.7. The van der Waals surface area contributed by atoms with Gasteiger partial charge in [0.05, 0.1) is 18.7 Å². The number of cyclic esters (lactones) is 2. The first-order valence-electron chi connectivity index (χ1n) is 11.6. The number of aromatic hydroxyl groups is 1. The van der Waals surface area contributed by atoms with Gasteiger partial charge in [-0.25, -0.2) is 4.79 Å². The maximum absolute atomic E-state index is 13.1. The van der Waals surface area contributed by atoms with E-state index in [1.165, 1.54) is 49.9 Å². The summed E-state index contributed by atoms with van der Waals surface area (Å²) in [6.07, 6.45) is 9.26. The van der Waals surface area contributed by atoms with Crippen LogP contribution in [-0.2, 0) is 30.3 Å². The Morgan fingerprint density at radius 3 is 2.81 bits per heavy atom. The molecule has 1 aromatic carbocycles. The number of aliphatic hydroxyl groups excluding tert-OH is 1. The van der Waals surface area contributed by atoms with Crippen LogP contribution < -0.4 is 5.32 Å². The van der Waals surface area contributed by atoms with Crippen LogP contribution in [0.15, 0.2) is 71.6 Å². The Labute approximate surface area is 215 Å². The molecule has 0 fully saturated rings. The van der Waals surface area contributed by atoms with Gasteiger partial charge in [-0.15, -0.1) is 0 Å². The van der Waals surface area contributed by atoms with Gasteiger partial charge in [-0.05, 0) is 49.6 Å². The lowest BCUT2D eigenvalue weighted by molar-refractivity contribution is -0.148. The van der Waals surface area contributed by atoms with Gasteiger partial charge in [0.15, 0.2) is 0 Å². The molecule has 0 saturated heterocycles. The van der Waals surface area contributed by atoms with E-state index < -0.39 is 36.2 Å². The summed E-state index contributed by atoms with van der Waals surface area (Å²) >= 11 is 0. The second kappa shape index (κ2) is 15.0. The number of hydrogen-bond donors (Lipinski definition) is 3. The van der Waals surface area contributed by atoms with Crippen molar-refractivity contribution in [2.45, 2.75) is 51.4 Å². The summed E-state index contributed by atoms with van der Waals surface area (Å²) in [5.41, 5.74) is 1.09. The van der Waals surface area contributed by atoms with Gasteiger partial charge in [0.25, 0.3) is 0 Å². The number of esters is 2. The lowest BCUT2D eigenvalue weighted by atomic mass is 10.0. The number of phenols is 1. The van der Waals surface area contributed by atoms with Crippen molar-refractivity contribution in [3.8, 4) is 5.75 Å². The third-order valence-corrected chi connectivity index (χ3v) is 5.24. The van der Waals surface area contributed by atoms with Crippen molar-refractivity contribution in [3.63, 3.8) is 0 Å². The highest BCUT2D eigenvalue weighted by Crippen LogP contribution is 2.25. The number of nitrogens with one attached hydrogen (secondary N) is 1. The van der Waals surface area contributed by atoms with Crippen LogP contribution in [0.4, 0.5) is 0 Å². The van der Waals surface area contributed by atoms with Crippen molar-refractivity contribution in [1.82, 2.24) is 5.32 Å². The van der Waals surface area contributed by atoms with Crippen LogP contribution in [0.3, 0.4) is 0 Å². The standard InChI is InChI=1S/C27H32N2O8/c1-18-11-13-20-7-4-9-23(31)26(20)27(34)37-21(17-25(33)36-19(2)12-14-22(18)30)8-5-15-28-24(32)10-6-16-29-35-3/h4-7,9-12,14-16,19,21-22,30-31H,8,13,17H2,1-3H3,(H,28,32)/b10-6+,14-12-,15-5+,18-11-,29-16-. The Morgan fingerprint density at radius 1 is 1.27 bits per heavy atom. The van der Waals surface area contributed by atoms with Crippen LogP contribution in [0, 0.1) is 0 Å². The van der Waals surface area contributed by atoms with E-state index in [0.717, 1.165) is 0 Å². The number of carbonyl (C=O) groups excluding carboxylic acids is 3. The molecule has 1 amide bonds. The van der Waals surface area contributed by atoms with E-state index in [4.69, 9.17) is 9.47 Å². The van der Waals surface area contributed by atoms with Gasteiger partial charge >= 0.3 is 11.9 Å². The SMILES string of the molecule is CO/N=C\C=C\C(=O)N/C=C/CC1CC(=O)OC(C)/C=C\C(O)/C(C)=C\Cc2cccc(O)c2C(=O)O1. The smallest absolute Gasteiger partial charge is 0.342 e. The molecular weight excluding hydrogens is 480 g/mol. The number of rotatable bonds is 6. The predicted molar refractivity (Wildman–Crippen MR) is 137 cm³/mol. The number of hydrogen-bond acceptors (Lipinski definition) is 9. The number of phenolic OH excluding ortho intramolecular Hbond substituents is 1. The lowest BCUT2D eigenvalue weighted by Crippen LogP contribution is -2.25. The summed E-state index contributed by atoms with van der Waals surface area (Å²) < 4.78 is 10.9. The van der Waals surface area contributed by atoms with E-state index in [1.54, 1.807) is 38.1 Å². The van der Waals surface area contributed by atoms with Crippen molar-refractivity contribution >= 4 is 24.1 Å². The summed E-state index contributed by atoms with van der Waals surface area (Å²) in [4.78, 5) is 41.9. The van der Waals surface area contributed by atoms with Gasteiger partial charge in [0.1, 0.15) is 30.6 Å². The number of benzene rings is 1. The zero-order chi connectivity index (χ0) is 27.2. The number of oxime groups is 1. The zero-order valence-electron chi connectivity index (χ0n) is 21.0. The molecule has 3 atom stereocenters. The Morgan fingerprint density at radius 2 is 2.05 bits per heavy atom. The normalized spacial score (nSPS) is 23.9. The summed E-state index contributed by atoms with van der Waals surface area (Å²) in [5.74, 6) is -2.12. The van der Waals surface area contributed by atoms with Crippen LogP contribution in [0.5, 0.6) is 5.75 Å². The number of ether oxygens (including phenoxy) is 2. The molecule has 3 unspecified atom stereocenters. The van der Waals surface area contributed by atoms with Crippen LogP contribution in [0.2, 0.25) is 0 Å².